The van der Waals surface area contributed by atoms with Crippen LogP contribution in [0.25, 0.3) is 16.6 Å². The average Bonchev–Trinajstić information content (AvgIpc) is 3.39. The monoisotopic (exact) mass is 382 g/mol. The summed E-state index contributed by atoms with van der Waals surface area (Å²) >= 11 is 5.73. The number of nitrogens with one attached hydrogen (secondary N) is 1. The van der Waals surface area contributed by atoms with E-state index in [1.54, 1.807) is 0 Å². The third-order valence-electron chi connectivity index (χ3n) is 5.39. The molecule has 2 heterocycles. The summed E-state index contributed by atoms with van der Waals surface area (Å²) in [6, 6.07) is 9.60. The third-order valence-corrected chi connectivity index (χ3v) is 5.74. The van der Waals surface area contributed by atoms with Crippen LogP contribution < -0.4 is 5.32 Å². The lowest BCUT2D eigenvalue weighted by molar-refractivity contribution is 0.389. The number of fused-ring (bicyclic) bond motifs is 3. The second kappa shape index (κ2) is 7.38. The standard InChI is InChI=1S/C20H26N6S/c1-4-13(3)21-20(27)25(17-7-8-17)12-16-11-15-10-14(5-2)6-9-18(15)26-19(16)22-23-24-26/h6,9-11,13,17H,4-5,7-8,12H2,1-3H3,(H,21,27). The SMILES string of the molecule is CCc1ccc2c(c1)cc(CN(C(=S)NC(C)CC)C1CC1)c1nnnn12. The van der Waals surface area contributed by atoms with Crippen molar-refractivity contribution in [2.45, 2.75) is 65.1 Å². The first-order chi connectivity index (χ1) is 13.1. The summed E-state index contributed by atoms with van der Waals surface area (Å²) in [5.74, 6) is 0. The summed E-state index contributed by atoms with van der Waals surface area (Å²) < 4.78 is 1.85. The van der Waals surface area contributed by atoms with Crippen molar-refractivity contribution in [2.75, 3.05) is 0 Å². The number of hydrogen-bond donors (Lipinski definition) is 1. The molecule has 0 aliphatic heterocycles. The minimum Gasteiger partial charge on any atom is -0.360 e. The highest BCUT2D eigenvalue weighted by molar-refractivity contribution is 7.80. The van der Waals surface area contributed by atoms with Gasteiger partial charge in [0, 0.05) is 29.6 Å². The molecule has 3 aromatic rings. The van der Waals surface area contributed by atoms with Crippen molar-refractivity contribution >= 4 is 33.9 Å². The number of nitrogens with zero attached hydrogens (tertiary/aromatic N) is 5. The summed E-state index contributed by atoms with van der Waals surface area (Å²) in [7, 11) is 0. The fraction of sp³-hybridized carbons (Fsp3) is 0.500. The minimum atomic E-state index is 0.372. The van der Waals surface area contributed by atoms with Crippen LogP contribution >= 0.6 is 12.2 Å². The molecule has 6 nitrogen and oxygen atoms in total. The predicted molar refractivity (Wildman–Crippen MR) is 112 cm³/mol. The Morgan fingerprint density at radius 3 is 2.85 bits per heavy atom. The van der Waals surface area contributed by atoms with E-state index in [0.717, 1.165) is 41.2 Å². The molecule has 0 spiro atoms. The molecule has 1 saturated carbocycles. The van der Waals surface area contributed by atoms with Gasteiger partial charge in [0.05, 0.1) is 5.52 Å². The Kier molecular flexibility index (Phi) is 4.95. The maximum absolute atomic E-state index is 5.73. The Balaban J connectivity index is 1.72. The van der Waals surface area contributed by atoms with E-state index in [2.05, 4.69) is 70.8 Å². The van der Waals surface area contributed by atoms with Gasteiger partial charge >= 0.3 is 0 Å². The molecule has 1 aliphatic carbocycles. The van der Waals surface area contributed by atoms with E-state index in [1.807, 2.05) is 4.52 Å². The molecule has 0 radical (unpaired) electrons. The van der Waals surface area contributed by atoms with Gasteiger partial charge in [-0.25, -0.2) is 0 Å². The van der Waals surface area contributed by atoms with E-state index in [4.69, 9.17) is 12.2 Å². The summed E-state index contributed by atoms with van der Waals surface area (Å²) in [5.41, 5.74) is 4.27. The van der Waals surface area contributed by atoms with Crippen molar-refractivity contribution in [1.82, 2.24) is 30.3 Å². The number of benzene rings is 1. The van der Waals surface area contributed by atoms with Crippen molar-refractivity contribution in [2.24, 2.45) is 0 Å². The minimum absolute atomic E-state index is 0.372. The first-order valence-electron chi connectivity index (χ1n) is 9.80. The molecule has 0 saturated heterocycles. The Morgan fingerprint density at radius 2 is 2.15 bits per heavy atom. The fourth-order valence-corrected chi connectivity index (χ4v) is 3.80. The number of aryl methyl sites for hydroxylation is 1. The Morgan fingerprint density at radius 1 is 1.33 bits per heavy atom. The summed E-state index contributed by atoms with van der Waals surface area (Å²) in [6.45, 7) is 7.23. The van der Waals surface area contributed by atoms with Crippen LogP contribution in [0.1, 0.15) is 51.2 Å². The molecule has 1 fully saturated rings. The van der Waals surface area contributed by atoms with E-state index < -0.39 is 0 Å². The Hall–Kier alpha value is -2.28. The molecule has 1 atom stereocenters. The van der Waals surface area contributed by atoms with Crippen molar-refractivity contribution < 1.29 is 0 Å². The molecule has 0 bridgehead atoms. The highest BCUT2D eigenvalue weighted by Gasteiger charge is 2.32. The number of rotatable bonds is 6. The summed E-state index contributed by atoms with van der Waals surface area (Å²) in [6.07, 6.45) is 4.44. The van der Waals surface area contributed by atoms with Gasteiger partial charge < -0.3 is 10.2 Å². The van der Waals surface area contributed by atoms with Crippen LogP contribution in [0.4, 0.5) is 0 Å². The normalized spacial score (nSPS) is 15.2. The molecular formula is C20H26N6S. The van der Waals surface area contributed by atoms with Gasteiger partial charge in [-0.3, -0.25) is 0 Å². The maximum Gasteiger partial charge on any atom is 0.184 e. The fourth-order valence-electron chi connectivity index (χ4n) is 3.38. The first kappa shape index (κ1) is 18.1. The zero-order valence-corrected chi connectivity index (χ0v) is 17.0. The molecule has 1 N–H and O–H groups in total. The average molecular weight is 383 g/mol. The van der Waals surface area contributed by atoms with Crippen molar-refractivity contribution in [3.8, 4) is 0 Å². The highest BCUT2D eigenvalue weighted by atomic mass is 32.1. The zero-order chi connectivity index (χ0) is 19.0. The lowest BCUT2D eigenvalue weighted by Gasteiger charge is -2.28. The van der Waals surface area contributed by atoms with E-state index in [-0.39, 0.29) is 0 Å². The van der Waals surface area contributed by atoms with Gasteiger partial charge in [-0.15, -0.1) is 5.10 Å². The number of tetrazole rings is 1. The van der Waals surface area contributed by atoms with Crippen LogP contribution in [-0.4, -0.2) is 42.1 Å². The van der Waals surface area contributed by atoms with Crippen LogP contribution in [-0.2, 0) is 13.0 Å². The van der Waals surface area contributed by atoms with E-state index in [0.29, 0.717) is 12.1 Å². The number of thiocarbonyl (C=S) groups is 1. The van der Waals surface area contributed by atoms with Gasteiger partial charge in [-0.2, -0.15) is 4.52 Å². The van der Waals surface area contributed by atoms with Gasteiger partial charge in [0.1, 0.15) is 0 Å². The van der Waals surface area contributed by atoms with Crippen LogP contribution in [0.5, 0.6) is 0 Å². The Bertz CT molecular complexity index is 977. The van der Waals surface area contributed by atoms with Crippen LogP contribution in [0.15, 0.2) is 24.3 Å². The number of aromatic nitrogens is 4. The van der Waals surface area contributed by atoms with Crippen LogP contribution in [0.2, 0.25) is 0 Å². The smallest absolute Gasteiger partial charge is 0.184 e. The number of hydrogen-bond acceptors (Lipinski definition) is 4. The molecule has 1 aliphatic rings. The number of pyridine rings is 1. The van der Waals surface area contributed by atoms with Gasteiger partial charge in [-0.1, -0.05) is 19.9 Å². The quantitative estimate of drug-likeness (QED) is 0.659. The molecule has 2 aromatic heterocycles. The van der Waals surface area contributed by atoms with Crippen molar-refractivity contribution in [1.29, 1.82) is 0 Å². The topological polar surface area (TPSA) is 58.3 Å². The first-order valence-corrected chi connectivity index (χ1v) is 10.2. The molecule has 1 unspecified atom stereocenters. The van der Waals surface area contributed by atoms with Gasteiger partial charge in [0.15, 0.2) is 10.8 Å². The highest BCUT2D eigenvalue weighted by Crippen LogP contribution is 2.30. The molecule has 1 aromatic carbocycles. The van der Waals surface area contributed by atoms with E-state index in [9.17, 15) is 0 Å². The summed E-state index contributed by atoms with van der Waals surface area (Å²) in [5, 5.41) is 17.9. The lowest BCUT2D eigenvalue weighted by atomic mass is 10.1. The zero-order valence-electron chi connectivity index (χ0n) is 16.1. The third kappa shape index (κ3) is 3.60. The van der Waals surface area contributed by atoms with Crippen molar-refractivity contribution in [3.05, 3.63) is 35.4 Å². The summed E-state index contributed by atoms with van der Waals surface area (Å²) in [4.78, 5) is 2.31. The molecule has 142 valence electrons. The second-order valence-electron chi connectivity index (χ2n) is 7.45. The van der Waals surface area contributed by atoms with Crippen LogP contribution in [0.3, 0.4) is 0 Å². The van der Waals surface area contributed by atoms with Gasteiger partial charge in [-0.05, 0) is 79.0 Å². The van der Waals surface area contributed by atoms with Crippen molar-refractivity contribution in [3.63, 3.8) is 0 Å². The molecule has 4 rings (SSSR count). The van der Waals surface area contributed by atoms with E-state index in [1.165, 1.54) is 23.8 Å². The lowest BCUT2D eigenvalue weighted by Crippen LogP contribution is -2.44. The molecule has 27 heavy (non-hydrogen) atoms. The molecular weight excluding hydrogens is 356 g/mol. The molecule has 7 heteroatoms. The van der Waals surface area contributed by atoms with Gasteiger partial charge in [0.2, 0.25) is 0 Å². The van der Waals surface area contributed by atoms with Crippen LogP contribution in [0, 0.1) is 0 Å². The van der Waals surface area contributed by atoms with Gasteiger partial charge in [0.25, 0.3) is 0 Å². The predicted octanol–water partition coefficient (Wildman–Crippen LogP) is 3.48. The molecule has 0 amide bonds. The van der Waals surface area contributed by atoms with E-state index >= 15 is 0 Å². The second-order valence-corrected chi connectivity index (χ2v) is 7.84. The maximum atomic E-state index is 5.73. The Labute approximate surface area is 164 Å². The largest absolute Gasteiger partial charge is 0.360 e.